The molecule has 0 aliphatic carbocycles. The molecule has 0 unspecified atom stereocenters. The molecular formula is C13H14N2O4. The number of nitrogens with zero attached hydrogens (tertiary/aromatic N) is 2. The first-order valence-electron chi connectivity index (χ1n) is 5.84. The Hall–Kier alpha value is -2.37. The molecule has 0 saturated heterocycles. The number of aromatic nitrogens is 2. The van der Waals surface area contributed by atoms with Gasteiger partial charge in [0.2, 0.25) is 5.89 Å². The number of aldehydes is 1. The van der Waals surface area contributed by atoms with E-state index in [-0.39, 0.29) is 6.61 Å². The van der Waals surface area contributed by atoms with Gasteiger partial charge in [0.1, 0.15) is 11.5 Å². The largest absolute Gasteiger partial charge is 0.497 e. The van der Waals surface area contributed by atoms with E-state index in [1.165, 1.54) is 7.11 Å². The topological polar surface area (TPSA) is 74.5 Å². The van der Waals surface area contributed by atoms with Gasteiger partial charge in [-0.3, -0.25) is 4.79 Å². The maximum absolute atomic E-state index is 11.0. The van der Waals surface area contributed by atoms with Crippen molar-refractivity contribution in [3.05, 3.63) is 35.5 Å². The lowest BCUT2D eigenvalue weighted by atomic mass is 10.2. The monoisotopic (exact) mass is 262 g/mol. The Morgan fingerprint density at radius 1 is 1.32 bits per heavy atom. The predicted octanol–water partition coefficient (Wildman–Crippen LogP) is 2.03. The molecule has 0 saturated carbocycles. The highest BCUT2D eigenvalue weighted by Gasteiger charge is 2.08. The fraction of sp³-hybridized carbons (Fsp3) is 0.308. The Morgan fingerprint density at radius 2 is 2.11 bits per heavy atom. The van der Waals surface area contributed by atoms with Crippen molar-refractivity contribution in [1.82, 2.24) is 10.2 Å². The number of methoxy groups -OCH3 is 1. The lowest BCUT2D eigenvalue weighted by Crippen LogP contribution is -1.99. The SMILES string of the molecule is CCc1nnc(COc2ccc(OC)cc2C=O)o1. The highest BCUT2D eigenvalue weighted by molar-refractivity contribution is 5.80. The molecule has 0 amide bonds. The van der Waals surface area contributed by atoms with Gasteiger partial charge in [-0.05, 0) is 18.2 Å². The molecule has 1 heterocycles. The molecule has 0 aliphatic rings. The summed E-state index contributed by atoms with van der Waals surface area (Å²) in [6, 6.07) is 4.99. The minimum absolute atomic E-state index is 0.125. The van der Waals surface area contributed by atoms with E-state index in [1.807, 2.05) is 6.92 Å². The third-order valence-electron chi connectivity index (χ3n) is 2.51. The fourth-order valence-electron chi connectivity index (χ4n) is 1.51. The second-order valence-electron chi connectivity index (χ2n) is 3.75. The Labute approximate surface area is 110 Å². The van der Waals surface area contributed by atoms with E-state index in [1.54, 1.807) is 18.2 Å². The van der Waals surface area contributed by atoms with Crippen LogP contribution in [0.3, 0.4) is 0 Å². The molecule has 0 radical (unpaired) electrons. The summed E-state index contributed by atoms with van der Waals surface area (Å²) in [4.78, 5) is 11.0. The smallest absolute Gasteiger partial charge is 0.253 e. The van der Waals surface area contributed by atoms with E-state index in [9.17, 15) is 4.79 Å². The van der Waals surface area contributed by atoms with Crippen LogP contribution in [0.2, 0.25) is 0 Å². The van der Waals surface area contributed by atoms with E-state index in [0.29, 0.717) is 41.6 Å². The van der Waals surface area contributed by atoms with E-state index >= 15 is 0 Å². The zero-order valence-electron chi connectivity index (χ0n) is 10.8. The second-order valence-corrected chi connectivity index (χ2v) is 3.75. The van der Waals surface area contributed by atoms with Gasteiger partial charge in [0.15, 0.2) is 12.9 Å². The zero-order valence-corrected chi connectivity index (χ0v) is 10.8. The molecule has 2 rings (SSSR count). The molecule has 6 heteroatoms. The first kappa shape index (κ1) is 13.1. The summed E-state index contributed by atoms with van der Waals surface area (Å²) >= 11 is 0. The van der Waals surface area contributed by atoms with Crippen LogP contribution in [0.4, 0.5) is 0 Å². The molecule has 0 bridgehead atoms. The van der Waals surface area contributed by atoms with Crippen LogP contribution >= 0.6 is 0 Å². The van der Waals surface area contributed by atoms with Gasteiger partial charge in [0, 0.05) is 6.42 Å². The average molecular weight is 262 g/mol. The molecule has 2 aromatic rings. The van der Waals surface area contributed by atoms with Gasteiger partial charge in [0.05, 0.1) is 12.7 Å². The van der Waals surface area contributed by atoms with Crippen molar-refractivity contribution in [2.24, 2.45) is 0 Å². The molecule has 0 spiro atoms. The lowest BCUT2D eigenvalue weighted by molar-refractivity contribution is 0.111. The average Bonchev–Trinajstić information content (AvgIpc) is 2.92. The summed E-state index contributed by atoms with van der Waals surface area (Å²) in [5.74, 6) is 1.99. The molecule has 1 aromatic carbocycles. The summed E-state index contributed by atoms with van der Waals surface area (Å²) in [5, 5.41) is 7.67. The third-order valence-corrected chi connectivity index (χ3v) is 2.51. The number of rotatable bonds is 6. The minimum Gasteiger partial charge on any atom is -0.497 e. The summed E-state index contributed by atoms with van der Waals surface area (Å²) in [7, 11) is 1.54. The standard InChI is InChI=1S/C13H14N2O4/c1-3-12-14-15-13(19-12)8-18-11-5-4-10(17-2)6-9(11)7-16/h4-7H,3,8H2,1-2H3. The van der Waals surface area contributed by atoms with E-state index < -0.39 is 0 Å². The fourth-order valence-corrected chi connectivity index (χ4v) is 1.51. The van der Waals surface area contributed by atoms with Crippen LogP contribution in [-0.2, 0) is 13.0 Å². The number of hydrogen-bond donors (Lipinski definition) is 0. The van der Waals surface area contributed by atoms with Crippen LogP contribution in [0.1, 0.15) is 29.1 Å². The molecule has 0 atom stereocenters. The van der Waals surface area contributed by atoms with Gasteiger partial charge < -0.3 is 13.9 Å². The first-order valence-corrected chi connectivity index (χ1v) is 5.84. The van der Waals surface area contributed by atoms with Crippen molar-refractivity contribution in [3.63, 3.8) is 0 Å². The zero-order chi connectivity index (χ0) is 13.7. The van der Waals surface area contributed by atoms with E-state index in [0.717, 1.165) is 0 Å². The third kappa shape index (κ3) is 3.09. The Balaban J connectivity index is 2.08. The van der Waals surface area contributed by atoms with Crippen molar-refractivity contribution in [3.8, 4) is 11.5 Å². The summed E-state index contributed by atoms with van der Waals surface area (Å²) in [5.41, 5.74) is 0.412. The van der Waals surface area contributed by atoms with Crippen LogP contribution in [0.25, 0.3) is 0 Å². The lowest BCUT2D eigenvalue weighted by Gasteiger charge is -2.07. The number of hydrogen-bond acceptors (Lipinski definition) is 6. The number of benzene rings is 1. The van der Waals surface area contributed by atoms with Crippen LogP contribution < -0.4 is 9.47 Å². The molecular weight excluding hydrogens is 248 g/mol. The van der Waals surface area contributed by atoms with Gasteiger partial charge in [-0.15, -0.1) is 10.2 Å². The van der Waals surface area contributed by atoms with Crippen LogP contribution in [0, 0.1) is 0 Å². The molecule has 1 aromatic heterocycles. The molecule has 0 fully saturated rings. The van der Waals surface area contributed by atoms with Crippen LogP contribution in [-0.4, -0.2) is 23.6 Å². The highest BCUT2D eigenvalue weighted by atomic mass is 16.5. The predicted molar refractivity (Wildman–Crippen MR) is 66.4 cm³/mol. The van der Waals surface area contributed by atoms with E-state index in [4.69, 9.17) is 13.9 Å². The first-order chi connectivity index (χ1) is 9.26. The van der Waals surface area contributed by atoms with Crippen molar-refractivity contribution in [2.45, 2.75) is 20.0 Å². The maximum Gasteiger partial charge on any atom is 0.253 e. The van der Waals surface area contributed by atoms with Gasteiger partial charge in [-0.1, -0.05) is 6.92 Å². The van der Waals surface area contributed by atoms with Crippen molar-refractivity contribution in [1.29, 1.82) is 0 Å². The summed E-state index contributed by atoms with van der Waals surface area (Å²) < 4.78 is 15.8. The number of ether oxygens (including phenoxy) is 2. The Morgan fingerprint density at radius 3 is 2.74 bits per heavy atom. The molecule has 100 valence electrons. The van der Waals surface area contributed by atoms with Crippen molar-refractivity contribution >= 4 is 6.29 Å². The second kappa shape index (κ2) is 5.99. The number of aryl methyl sites for hydroxylation is 1. The minimum atomic E-state index is 0.125. The van der Waals surface area contributed by atoms with Crippen molar-refractivity contribution < 1.29 is 18.7 Å². The molecule has 6 nitrogen and oxygen atoms in total. The highest BCUT2D eigenvalue weighted by Crippen LogP contribution is 2.23. The van der Waals surface area contributed by atoms with Gasteiger partial charge in [-0.2, -0.15) is 0 Å². The summed E-state index contributed by atoms with van der Waals surface area (Å²) in [6.07, 6.45) is 1.39. The quantitative estimate of drug-likeness (QED) is 0.741. The van der Waals surface area contributed by atoms with Crippen LogP contribution in [0.15, 0.2) is 22.6 Å². The van der Waals surface area contributed by atoms with Gasteiger partial charge in [-0.25, -0.2) is 0 Å². The van der Waals surface area contributed by atoms with Crippen molar-refractivity contribution in [2.75, 3.05) is 7.11 Å². The molecule has 0 N–H and O–H groups in total. The molecule has 19 heavy (non-hydrogen) atoms. The Bertz CT molecular complexity index is 566. The normalized spacial score (nSPS) is 10.2. The van der Waals surface area contributed by atoms with Gasteiger partial charge >= 0.3 is 0 Å². The van der Waals surface area contributed by atoms with E-state index in [2.05, 4.69) is 10.2 Å². The number of carbonyl (C=O) groups is 1. The van der Waals surface area contributed by atoms with Crippen LogP contribution in [0.5, 0.6) is 11.5 Å². The molecule has 0 aliphatic heterocycles. The summed E-state index contributed by atoms with van der Waals surface area (Å²) in [6.45, 7) is 2.05. The number of carbonyl (C=O) groups excluding carboxylic acids is 1. The van der Waals surface area contributed by atoms with Gasteiger partial charge in [0.25, 0.3) is 5.89 Å². The maximum atomic E-state index is 11.0. The Kier molecular flexibility index (Phi) is 4.12.